The molecule has 0 saturated carbocycles. The summed E-state index contributed by atoms with van der Waals surface area (Å²) < 4.78 is 18.1. The number of hydrogen-bond acceptors (Lipinski definition) is 8. The molecule has 2 bridgehead atoms. The van der Waals surface area contributed by atoms with E-state index in [0.29, 0.717) is 48.1 Å². The number of barbiturate groups is 1. The third-order valence-corrected chi connectivity index (χ3v) is 8.84. The fraction of sp³-hybridized carbons (Fsp3) is 0.375. The van der Waals surface area contributed by atoms with E-state index >= 15 is 0 Å². The Balaban J connectivity index is 1.40. The molecule has 224 valence electrons. The van der Waals surface area contributed by atoms with Gasteiger partial charge in [0.1, 0.15) is 22.7 Å². The standard InChI is InChI=1S/C32H34N4O7/c1-41-24-11-8-23(9-12-24)36-30(39)32(29(38)33-31(36)40,15-21-7-10-25(42-2)14-27(21)43-3)19-34-16-20-13-22(18-34)26-5-4-6-28(37)35(26)17-20/h4-12,14,20,22H,13,15-19H2,1-3H3,(H,33,38,40)/t20-,22-,32?/m1/s1. The van der Waals surface area contributed by atoms with Gasteiger partial charge in [-0.1, -0.05) is 12.1 Å². The van der Waals surface area contributed by atoms with Crippen molar-refractivity contribution in [2.24, 2.45) is 11.3 Å². The van der Waals surface area contributed by atoms with E-state index in [0.717, 1.165) is 17.0 Å². The highest BCUT2D eigenvalue weighted by Crippen LogP contribution is 2.40. The van der Waals surface area contributed by atoms with Gasteiger partial charge in [0, 0.05) is 56.3 Å². The number of likely N-dealkylation sites (tertiary alicyclic amines) is 1. The Bertz CT molecular complexity index is 1640. The van der Waals surface area contributed by atoms with E-state index in [4.69, 9.17) is 14.2 Å². The summed E-state index contributed by atoms with van der Waals surface area (Å²) in [6.07, 6.45) is 0.919. The number of benzene rings is 2. The number of amides is 4. The summed E-state index contributed by atoms with van der Waals surface area (Å²) in [6, 6.07) is 16.3. The number of carbonyl (C=O) groups is 3. The first-order valence-electron chi connectivity index (χ1n) is 14.2. The van der Waals surface area contributed by atoms with E-state index in [1.54, 1.807) is 61.7 Å². The smallest absolute Gasteiger partial charge is 0.335 e. The molecule has 0 aliphatic carbocycles. The number of carbonyl (C=O) groups excluding carboxylic acids is 3. The Labute approximate surface area is 248 Å². The Morgan fingerprint density at radius 2 is 1.60 bits per heavy atom. The highest BCUT2D eigenvalue weighted by Gasteiger charge is 2.56. The summed E-state index contributed by atoms with van der Waals surface area (Å²) in [5.74, 6) is 0.597. The van der Waals surface area contributed by atoms with Crippen LogP contribution in [0.1, 0.15) is 23.6 Å². The lowest BCUT2D eigenvalue weighted by atomic mass is 9.75. The van der Waals surface area contributed by atoms with Crippen molar-refractivity contribution in [2.75, 3.05) is 45.9 Å². The molecule has 1 aromatic heterocycles. The highest BCUT2D eigenvalue weighted by molar-refractivity contribution is 6.30. The van der Waals surface area contributed by atoms with Gasteiger partial charge in [-0.15, -0.1) is 0 Å². The van der Waals surface area contributed by atoms with Gasteiger partial charge in [0.05, 0.1) is 27.0 Å². The Morgan fingerprint density at radius 1 is 0.860 bits per heavy atom. The Hall–Kier alpha value is -4.64. The zero-order valence-corrected chi connectivity index (χ0v) is 24.4. The fourth-order valence-electron chi connectivity index (χ4n) is 6.82. The normalized spacial score (nSPS) is 23.4. The van der Waals surface area contributed by atoms with E-state index in [2.05, 4.69) is 10.2 Å². The lowest BCUT2D eigenvalue weighted by Gasteiger charge is -2.47. The van der Waals surface area contributed by atoms with Crippen LogP contribution in [0.2, 0.25) is 0 Å². The molecule has 0 spiro atoms. The number of nitrogens with one attached hydrogen (secondary N) is 1. The van der Waals surface area contributed by atoms with Crippen LogP contribution < -0.4 is 30.0 Å². The topological polar surface area (TPSA) is 119 Å². The van der Waals surface area contributed by atoms with Crippen LogP contribution >= 0.6 is 0 Å². The molecule has 11 nitrogen and oxygen atoms in total. The van der Waals surface area contributed by atoms with Crippen molar-refractivity contribution in [3.8, 4) is 17.2 Å². The van der Waals surface area contributed by atoms with Crippen LogP contribution in [-0.2, 0) is 22.6 Å². The fourth-order valence-corrected chi connectivity index (χ4v) is 6.82. The largest absolute Gasteiger partial charge is 0.497 e. The molecule has 4 amide bonds. The molecule has 4 heterocycles. The summed E-state index contributed by atoms with van der Waals surface area (Å²) >= 11 is 0. The molecule has 3 atom stereocenters. The third kappa shape index (κ3) is 5.03. The van der Waals surface area contributed by atoms with Crippen LogP contribution in [0.15, 0.2) is 65.5 Å². The molecular formula is C32H34N4O7. The number of urea groups is 1. The van der Waals surface area contributed by atoms with Gasteiger partial charge in [-0.05, 0) is 54.3 Å². The summed E-state index contributed by atoms with van der Waals surface area (Å²) in [6.45, 7) is 1.84. The van der Waals surface area contributed by atoms with Crippen LogP contribution in [0.5, 0.6) is 17.2 Å². The minimum atomic E-state index is -1.66. The second kappa shape index (κ2) is 11.2. The number of imide groups is 2. The molecule has 2 fully saturated rings. The first-order chi connectivity index (χ1) is 20.8. The predicted molar refractivity (Wildman–Crippen MR) is 158 cm³/mol. The van der Waals surface area contributed by atoms with E-state index < -0.39 is 23.3 Å². The number of pyridine rings is 1. The van der Waals surface area contributed by atoms with Crippen molar-refractivity contribution < 1.29 is 28.6 Å². The molecular weight excluding hydrogens is 552 g/mol. The number of ether oxygens (including phenoxy) is 3. The van der Waals surface area contributed by atoms with Gasteiger partial charge in [0.15, 0.2) is 0 Å². The van der Waals surface area contributed by atoms with E-state index in [1.807, 2.05) is 10.6 Å². The van der Waals surface area contributed by atoms with E-state index in [-0.39, 0.29) is 30.4 Å². The maximum atomic E-state index is 14.6. The SMILES string of the molecule is COc1ccc(N2C(=O)NC(=O)C(Cc3ccc(OC)cc3OC)(CN3C[C@H]4C[C@H](C3)c3cccc(=O)n3C4)C2=O)cc1. The molecule has 0 radical (unpaired) electrons. The van der Waals surface area contributed by atoms with Crippen LogP contribution in [0.25, 0.3) is 0 Å². The molecule has 6 rings (SSSR count). The van der Waals surface area contributed by atoms with Crippen LogP contribution in [0.3, 0.4) is 0 Å². The number of rotatable bonds is 8. The molecule has 1 N–H and O–H groups in total. The number of aromatic nitrogens is 1. The second-order valence-electron chi connectivity index (χ2n) is 11.4. The molecule has 1 unspecified atom stereocenters. The average molecular weight is 587 g/mol. The second-order valence-corrected chi connectivity index (χ2v) is 11.4. The molecule has 2 aromatic carbocycles. The zero-order chi connectivity index (χ0) is 30.3. The van der Waals surface area contributed by atoms with E-state index in [1.165, 1.54) is 14.2 Å². The number of anilines is 1. The molecule has 11 heteroatoms. The first-order valence-corrected chi connectivity index (χ1v) is 14.2. The molecule has 3 aliphatic heterocycles. The van der Waals surface area contributed by atoms with Gasteiger partial charge in [0.2, 0.25) is 5.91 Å². The van der Waals surface area contributed by atoms with Crippen LogP contribution in [0, 0.1) is 11.3 Å². The van der Waals surface area contributed by atoms with E-state index in [9.17, 15) is 19.2 Å². The van der Waals surface area contributed by atoms with Crippen LogP contribution in [-0.4, -0.2) is 68.3 Å². The minimum absolute atomic E-state index is 0.00729. The monoisotopic (exact) mass is 586 g/mol. The van der Waals surface area contributed by atoms with Crippen molar-refractivity contribution >= 4 is 23.5 Å². The number of nitrogens with zero attached hydrogens (tertiary/aromatic N) is 3. The first kappa shape index (κ1) is 28.5. The van der Waals surface area contributed by atoms with Gasteiger partial charge >= 0.3 is 6.03 Å². The summed E-state index contributed by atoms with van der Waals surface area (Å²) in [7, 11) is 4.60. The summed E-state index contributed by atoms with van der Waals surface area (Å²) in [4.78, 5) is 57.5. The predicted octanol–water partition coefficient (Wildman–Crippen LogP) is 2.81. The van der Waals surface area contributed by atoms with Crippen molar-refractivity contribution in [1.29, 1.82) is 0 Å². The average Bonchev–Trinajstić information content (AvgIpc) is 3.01. The number of fused-ring (bicyclic) bond motifs is 4. The molecule has 43 heavy (non-hydrogen) atoms. The van der Waals surface area contributed by atoms with Gasteiger partial charge in [-0.3, -0.25) is 19.7 Å². The Kier molecular flexibility index (Phi) is 7.43. The zero-order valence-electron chi connectivity index (χ0n) is 24.4. The molecule has 2 saturated heterocycles. The van der Waals surface area contributed by atoms with Gasteiger partial charge < -0.3 is 23.7 Å². The van der Waals surface area contributed by atoms with Crippen molar-refractivity contribution in [3.63, 3.8) is 0 Å². The molecule has 3 aliphatic rings. The van der Waals surface area contributed by atoms with Gasteiger partial charge in [-0.2, -0.15) is 0 Å². The Morgan fingerprint density at radius 3 is 2.33 bits per heavy atom. The van der Waals surface area contributed by atoms with Crippen molar-refractivity contribution in [2.45, 2.75) is 25.3 Å². The maximum Gasteiger partial charge on any atom is 0.335 e. The van der Waals surface area contributed by atoms with Crippen molar-refractivity contribution in [1.82, 2.24) is 14.8 Å². The van der Waals surface area contributed by atoms with Crippen LogP contribution in [0.4, 0.5) is 10.5 Å². The lowest BCUT2D eigenvalue weighted by molar-refractivity contribution is -0.144. The molecule has 3 aromatic rings. The van der Waals surface area contributed by atoms with Gasteiger partial charge in [-0.25, -0.2) is 9.69 Å². The minimum Gasteiger partial charge on any atom is -0.497 e. The quantitative estimate of drug-likeness (QED) is 0.401. The maximum absolute atomic E-state index is 14.6. The number of piperidine rings is 1. The summed E-state index contributed by atoms with van der Waals surface area (Å²) in [5.41, 5.74) is 0.251. The lowest BCUT2D eigenvalue weighted by Crippen LogP contribution is -2.68. The summed E-state index contributed by atoms with van der Waals surface area (Å²) in [5, 5.41) is 2.48. The third-order valence-electron chi connectivity index (χ3n) is 8.84. The highest BCUT2D eigenvalue weighted by atomic mass is 16.5. The van der Waals surface area contributed by atoms with Crippen molar-refractivity contribution in [3.05, 3.63) is 82.3 Å². The number of methoxy groups -OCH3 is 3. The number of hydrogen-bond donors (Lipinski definition) is 1. The van der Waals surface area contributed by atoms with Gasteiger partial charge in [0.25, 0.3) is 11.5 Å².